The Morgan fingerprint density at radius 2 is 1.25 bits per heavy atom. The summed E-state index contributed by atoms with van der Waals surface area (Å²) in [6.07, 6.45) is 29.8. The van der Waals surface area contributed by atoms with Crippen molar-refractivity contribution < 1.29 is 38.1 Å². The van der Waals surface area contributed by atoms with E-state index in [0.29, 0.717) is 69.7 Å². The molecule has 1 fully saturated rings. The molecule has 67 heavy (non-hydrogen) atoms. The molecule has 9 nitrogen and oxygen atoms in total. The summed E-state index contributed by atoms with van der Waals surface area (Å²) in [6, 6.07) is 0. The van der Waals surface area contributed by atoms with Crippen LogP contribution in [0.15, 0.2) is 40.6 Å². The molecule has 0 aliphatic heterocycles. The average molecular weight is 942 g/mol. The SMILES string of the molecule is C#CC=N/C=C\C.CC.CCCCC(=O)OC(CCCCCCOC(=O)CCC(OCCC(C)CCC=C(C)C)OCCC(C)CCC=C(C)C)CCCC(=O)OC1CC(C)C(C)(C)C1(C)C. The smallest absolute Gasteiger partial charge is 0.306 e. The topological polar surface area (TPSA) is 110 Å². The monoisotopic (exact) mass is 942 g/mol. The molecule has 0 amide bonds. The minimum atomic E-state index is -0.409. The number of hydrogen-bond donors (Lipinski definition) is 0. The predicted molar refractivity (Wildman–Crippen MR) is 282 cm³/mol. The van der Waals surface area contributed by atoms with Crippen LogP contribution in [-0.4, -0.2) is 62.4 Å². The number of carbonyl (C=O) groups is 3. The first-order chi connectivity index (χ1) is 31.8. The molecule has 0 saturated heterocycles. The van der Waals surface area contributed by atoms with Gasteiger partial charge in [0.25, 0.3) is 0 Å². The predicted octanol–water partition coefficient (Wildman–Crippen LogP) is 15.7. The van der Waals surface area contributed by atoms with Crippen LogP contribution in [0.5, 0.6) is 0 Å². The van der Waals surface area contributed by atoms with Crippen LogP contribution < -0.4 is 0 Å². The van der Waals surface area contributed by atoms with Crippen LogP contribution in [0.4, 0.5) is 0 Å². The quantitative estimate of drug-likeness (QED) is 0.0119. The lowest BCUT2D eigenvalue weighted by Crippen LogP contribution is -2.38. The van der Waals surface area contributed by atoms with E-state index in [-0.39, 0.29) is 47.4 Å². The second-order valence-electron chi connectivity index (χ2n) is 20.2. The van der Waals surface area contributed by atoms with Crippen molar-refractivity contribution in [2.24, 2.45) is 33.6 Å². The fraction of sp³-hybridized carbons (Fsp3) is 0.793. The zero-order chi connectivity index (χ0) is 51.1. The summed E-state index contributed by atoms with van der Waals surface area (Å²) >= 11 is 0. The van der Waals surface area contributed by atoms with Crippen molar-refractivity contribution in [3.8, 4) is 12.3 Å². The van der Waals surface area contributed by atoms with Gasteiger partial charge >= 0.3 is 17.9 Å². The Kier molecular flexibility index (Phi) is 40.0. The van der Waals surface area contributed by atoms with Gasteiger partial charge in [0.1, 0.15) is 12.2 Å². The highest BCUT2D eigenvalue weighted by molar-refractivity contribution is 5.77. The summed E-state index contributed by atoms with van der Waals surface area (Å²) in [5.41, 5.74) is 2.73. The summed E-state index contributed by atoms with van der Waals surface area (Å²) in [6.45, 7) is 33.9. The number of terminal acetylenes is 1. The van der Waals surface area contributed by atoms with Gasteiger partial charge in [0.05, 0.1) is 19.2 Å². The van der Waals surface area contributed by atoms with Gasteiger partial charge in [-0.3, -0.25) is 19.4 Å². The molecule has 0 spiro atoms. The molecule has 1 aliphatic carbocycles. The molecule has 0 radical (unpaired) electrons. The molecule has 9 heteroatoms. The van der Waals surface area contributed by atoms with Gasteiger partial charge in [0, 0.05) is 44.1 Å². The second-order valence-corrected chi connectivity index (χ2v) is 20.2. The van der Waals surface area contributed by atoms with Crippen LogP contribution >= 0.6 is 0 Å². The maximum atomic E-state index is 12.9. The van der Waals surface area contributed by atoms with Crippen LogP contribution in [0.1, 0.15) is 232 Å². The van der Waals surface area contributed by atoms with E-state index in [9.17, 15) is 14.4 Å². The molecule has 1 saturated carbocycles. The number of ether oxygens (including phenoxy) is 5. The van der Waals surface area contributed by atoms with Crippen LogP contribution in [0.2, 0.25) is 0 Å². The van der Waals surface area contributed by atoms with Gasteiger partial charge in [0.15, 0.2) is 6.29 Å². The van der Waals surface area contributed by atoms with E-state index >= 15 is 0 Å². The molecule has 0 aromatic rings. The molecular weight excluding hydrogens is 839 g/mol. The van der Waals surface area contributed by atoms with Gasteiger partial charge in [-0.2, -0.15) is 0 Å². The Morgan fingerprint density at radius 3 is 1.76 bits per heavy atom. The third-order valence-corrected chi connectivity index (χ3v) is 13.4. The fourth-order valence-corrected chi connectivity index (χ4v) is 7.79. The normalized spacial score (nSPS) is 17.7. The number of hydrogen-bond acceptors (Lipinski definition) is 9. The van der Waals surface area contributed by atoms with E-state index in [0.717, 1.165) is 89.9 Å². The van der Waals surface area contributed by atoms with Crippen molar-refractivity contribution in [1.82, 2.24) is 0 Å². The van der Waals surface area contributed by atoms with Crippen LogP contribution in [0.25, 0.3) is 0 Å². The highest BCUT2D eigenvalue weighted by atomic mass is 16.7. The molecule has 5 unspecified atom stereocenters. The number of aliphatic imine (C=N–C) groups is 1. The minimum Gasteiger partial charge on any atom is -0.466 e. The molecule has 0 aromatic carbocycles. The lowest BCUT2D eigenvalue weighted by Gasteiger charge is -2.40. The maximum absolute atomic E-state index is 12.9. The van der Waals surface area contributed by atoms with Crippen LogP contribution in [0.3, 0.4) is 0 Å². The molecule has 5 atom stereocenters. The second kappa shape index (κ2) is 40.6. The minimum absolute atomic E-state index is 0.0786. The summed E-state index contributed by atoms with van der Waals surface area (Å²) in [7, 11) is 0. The van der Waals surface area contributed by atoms with Crippen molar-refractivity contribution in [1.29, 1.82) is 0 Å². The Hall–Kier alpha value is -3.22. The van der Waals surface area contributed by atoms with E-state index in [1.807, 2.05) is 26.8 Å². The van der Waals surface area contributed by atoms with Gasteiger partial charge in [-0.15, -0.1) is 6.42 Å². The van der Waals surface area contributed by atoms with Crippen LogP contribution in [0, 0.1) is 40.9 Å². The Bertz CT molecular complexity index is 1410. The Labute approximate surface area is 412 Å². The van der Waals surface area contributed by atoms with Crippen molar-refractivity contribution in [2.45, 2.75) is 251 Å². The first kappa shape index (κ1) is 65.9. The number of esters is 3. The largest absolute Gasteiger partial charge is 0.466 e. The van der Waals surface area contributed by atoms with Crippen molar-refractivity contribution in [3.05, 3.63) is 35.6 Å². The highest BCUT2D eigenvalue weighted by Gasteiger charge is 2.54. The molecule has 0 bridgehead atoms. The van der Waals surface area contributed by atoms with Crippen LogP contribution in [-0.2, 0) is 38.1 Å². The van der Waals surface area contributed by atoms with Gasteiger partial charge in [0.2, 0.25) is 0 Å². The first-order valence-electron chi connectivity index (χ1n) is 26.4. The number of rotatable bonds is 34. The lowest BCUT2D eigenvalue weighted by molar-refractivity contribution is -0.161. The van der Waals surface area contributed by atoms with Crippen molar-refractivity contribution in [2.75, 3.05) is 19.8 Å². The molecule has 0 heterocycles. The molecule has 1 rings (SSSR count). The molecular formula is C58H103NO8. The molecule has 0 N–H and O–H groups in total. The average Bonchev–Trinajstić information content (AvgIpc) is 3.41. The van der Waals surface area contributed by atoms with E-state index < -0.39 is 6.29 Å². The molecule has 0 aromatic heterocycles. The van der Waals surface area contributed by atoms with E-state index in [2.05, 4.69) is 106 Å². The summed E-state index contributed by atoms with van der Waals surface area (Å²) in [5, 5.41) is 0. The third kappa shape index (κ3) is 33.8. The number of carbonyl (C=O) groups excluding carboxylic acids is 3. The van der Waals surface area contributed by atoms with E-state index in [1.165, 1.54) is 17.4 Å². The standard InChI is InChI=1S/C50H90O8.C6H7N.C2H6/c1-13-14-28-46(52)57-43(27-21-29-47(53)58-44-37-42(8)49(9,10)50(44,11)12)26-17-15-16-18-34-54-45(51)30-31-48(55-35-32-40(6)24-19-22-38(2)3)56-36-33-41(7)25-20-23-39(4)5;1-3-5-7-6-4-2;1-2/h22-23,40-44,48H,13-21,24-37H2,1-12H3;1,4-6H,2H3;1-2H3/b;6-4-,7-5?;. The highest BCUT2D eigenvalue weighted by Crippen LogP contribution is 2.56. The van der Waals surface area contributed by atoms with Gasteiger partial charge < -0.3 is 23.7 Å². The maximum Gasteiger partial charge on any atom is 0.306 e. The van der Waals surface area contributed by atoms with Crippen molar-refractivity contribution >= 4 is 24.1 Å². The van der Waals surface area contributed by atoms with E-state index in [4.69, 9.17) is 30.1 Å². The van der Waals surface area contributed by atoms with E-state index in [1.54, 1.807) is 6.20 Å². The molecule has 1 aliphatic rings. The number of nitrogens with zero attached hydrogens (tertiary/aromatic N) is 1. The first-order valence-corrected chi connectivity index (χ1v) is 26.4. The summed E-state index contributed by atoms with van der Waals surface area (Å²) in [4.78, 5) is 41.8. The number of allylic oxidation sites excluding steroid dienone is 5. The molecule has 388 valence electrons. The Morgan fingerprint density at radius 1 is 0.701 bits per heavy atom. The Balaban J connectivity index is 0. The lowest BCUT2D eigenvalue weighted by atomic mass is 9.67. The fourth-order valence-electron chi connectivity index (χ4n) is 7.79. The van der Waals surface area contributed by atoms with Crippen molar-refractivity contribution in [3.63, 3.8) is 0 Å². The van der Waals surface area contributed by atoms with Gasteiger partial charge in [-0.25, -0.2) is 0 Å². The van der Waals surface area contributed by atoms with Gasteiger partial charge in [-0.1, -0.05) is 124 Å². The summed E-state index contributed by atoms with van der Waals surface area (Å²) in [5.74, 6) is 3.34. The zero-order valence-corrected chi connectivity index (χ0v) is 45.9. The number of unbranched alkanes of at least 4 members (excludes halogenated alkanes) is 4. The zero-order valence-electron chi connectivity index (χ0n) is 45.9. The third-order valence-electron chi connectivity index (χ3n) is 13.4. The van der Waals surface area contributed by atoms with Gasteiger partial charge in [-0.05, 0) is 141 Å². The summed E-state index contributed by atoms with van der Waals surface area (Å²) < 4.78 is 29.9.